The van der Waals surface area contributed by atoms with Crippen LogP contribution in [0.3, 0.4) is 0 Å². The zero-order chi connectivity index (χ0) is 37.1. The Kier molecular flexibility index (Phi) is 9.84. The van der Waals surface area contributed by atoms with Crippen molar-refractivity contribution in [2.45, 2.75) is 38.5 Å². The molecule has 5 aromatic rings. The summed E-state index contributed by atoms with van der Waals surface area (Å²) < 4.78 is 44.9. The molecule has 1 unspecified atom stereocenters. The van der Waals surface area contributed by atoms with E-state index in [1.807, 2.05) is 37.3 Å². The summed E-state index contributed by atoms with van der Waals surface area (Å²) in [7, 11) is 0. The Labute approximate surface area is 303 Å². The van der Waals surface area contributed by atoms with Crippen LogP contribution in [0.2, 0.25) is 0 Å². The fourth-order valence-electron chi connectivity index (χ4n) is 6.46. The summed E-state index contributed by atoms with van der Waals surface area (Å²) in [6.45, 7) is 4.26. The number of benzene rings is 3. The number of halogens is 3. The van der Waals surface area contributed by atoms with Gasteiger partial charge >= 0.3 is 6.18 Å². The lowest BCUT2D eigenvalue weighted by molar-refractivity contribution is -0.137. The highest BCUT2D eigenvalue weighted by Crippen LogP contribution is 2.39. The number of nitrogens with zero attached hydrogens (tertiary/aromatic N) is 5. The van der Waals surface area contributed by atoms with Crippen LogP contribution in [0.1, 0.15) is 51.1 Å². The number of carbonyl (C=O) groups excluding carboxylic acids is 3. The zero-order valence-electron chi connectivity index (χ0n) is 28.7. The van der Waals surface area contributed by atoms with Crippen molar-refractivity contribution in [3.05, 3.63) is 119 Å². The van der Waals surface area contributed by atoms with Crippen LogP contribution in [0, 0.1) is 18.8 Å². The molecule has 2 aliphatic heterocycles. The van der Waals surface area contributed by atoms with Crippen LogP contribution in [-0.2, 0) is 22.3 Å². The van der Waals surface area contributed by atoms with Gasteiger partial charge in [-0.15, -0.1) is 0 Å². The van der Waals surface area contributed by atoms with Gasteiger partial charge in [0.05, 0.1) is 11.8 Å². The SMILES string of the molecule is Cc1ccc(C(=O)Nc2ccc(N3CCN(Cc4cccc(NC5CCC(=O)NC5=O)c4)CC3)c(C(F)(F)F)c2)cc1C#Cc1cnc2cccnn12. The maximum Gasteiger partial charge on any atom is 0.418 e. The second-order valence-corrected chi connectivity index (χ2v) is 13.0. The van der Waals surface area contributed by atoms with Gasteiger partial charge in [-0.1, -0.05) is 24.1 Å². The van der Waals surface area contributed by atoms with Crippen molar-refractivity contribution in [3.8, 4) is 11.8 Å². The lowest BCUT2D eigenvalue weighted by Gasteiger charge is -2.37. The summed E-state index contributed by atoms with van der Waals surface area (Å²) in [5.41, 5.74) is 3.89. The molecule has 2 saturated heterocycles. The topological polar surface area (TPSA) is 124 Å². The summed E-state index contributed by atoms with van der Waals surface area (Å²) in [5, 5.41) is 12.4. The number of piperazine rings is 1. The fourth-order valence-corrected chi connectivity index (χ4v) is 6.46. The lowest BCUT2D eigenvalue weighted by atomic mass is 10.0. The molecule has 4 heterocycles. The van der Waals surface area contributed by atoms with Crippen LogP contribution < -0.4 is 20.9 Å². The Morgan fingerprint density at radius 3 is 2.58 bits per heavy atom. The number of anilines is 3. The van der Waals surface area contributed by atoms with Crippen LogP contribution in [0.5, 0.6) is 0 Å². The van der Waals surface area contributed by atoms with Gasteiger partial charge in [-0.25, -0.2) is 9.50 Å². The summed E-state index contributed by atoms with van der Waals surface area (Å²) in [4.78, 5) is 45.0. The molecular weight excluding hydrogens is 685 g/mol. The van der Waals surface area contributed by atoms with Gasteiger partial charge in [0.1, 0.15) is 11.7 Å². The van der Waals surface area contributed by atoms with Gasteiger partial charge in [-0.3, -0.25) is 24.6 Å². The van der Waals surface area contributed by atoms with Gasteiger partial charge in [-0.2, -0.15) is 18.3 Å². The molecule has 3 amide bonds. The smallest absolute Gasteiger partial charge is 0.374 e. The number of alkyl halides is 3. The quantitative estimate of drug-likeness (QED) is 0.154. The highest BCUT2D eigenvalue weighted by atomic mass is 19.4. The highest BCUT2D eigenvalue weighted by molar-refractivity contribution is 6.04. The number of hydrogen-bond donors (Lipinski definition) is 3. The predicted octanol–water partition coefficient (Wildman–Crippen LogP) is 5.25. The number of amides is 3. The lowest BCUT2D eigenvalue weighted by Crippen LogP contribution is -2.47. The largest absolute Gasteiger partial charge is 0.418 e. The second kappa shape index (κ2) is 14.8. The molecule has 7 rings (SSSR count). The van der Waals surface area contributed by atoms with Crippen LogP contribution >= 0.6 is 0 Å². The highest BCUT2D eigenvalue weighted by Gasteiger charge is 2.36. The molecule has 53 heavy (non-hydrogen) atoms. The van der Waals surface area contributed by atoms with Crippen LogP contribution in [-0.4, -0.2) is 69.4 Å². The van der Waals surface area contributed by atoms with E-state index in [1.54, 1.807) is 46.1 Å². The Balaban J connectivity index is 0.995. The van der Waals surface area contributed by atoms with Crippen LogP contribution in [0.4, 0.5) is 30.2 Å². The van der Waals surface area contributed by atoms with E-state index in [4.69, 9.17) is 0 Å². The molecule has 0 aliphatic carbocycles. The Hall–Kier alpha value is -6.20. The van der Waals surface area contributed by atoms with E-state index >= 15 is 0 Å². The number of imide groups is 1. The van der Waals surface area contributed by atoms with Crippen molar-refractivity contribution >= 4 is 40.4 Å². The Bertz CT molecular complexity index is 2270. The number of hydrogen-bond acceptors (Lipinski definition) is 8. The van der Waals surface area contributed by atoms with Crippen molar-refractivity contribution in [2.75, 3.05) is 41.7 Å². The molecule has 270 valence electrons. The number of carbonyl (C=O) groups is 3. The first-order valence-corrected chi connectivity index (χ1v) is 17.1. The Morgan fingerprint density at radius 1 is 0.962 bits per heavy atom. The molecular formula is C39H35F3N8O3. The molecule has 0 bridgehead atoms. The van der Waals surface area contributed by atoms with Crippen LogP contribution in [0.15, 0.2) is 85.2 Å². The number of fused-ring (bicyclic) bond motifs is 1. The van der Waals surface area contributed by atoms with E-state index in [2.05, 4.69) is 42.8 Å². The molecule has 2 aliphatic rings. The summed E-state index contributed by atoms with van der Waals surface area (Å²) >= 11 is 0. The second-order valence-electron chi connectivity index (χ2n) is 13.0. The van der Waals surface area contributed by atoms with Gasteiger partial charge in [0.2, 0.25) is 11.8 Å². The van der Waals surface area contributed by atoms with Crippen LogP contribution in [0.25, 0.3) is 5.65 Å². The third kappa shape index (κ3) is 8.15. The average molecular weight is 721 g/mol. The zero-order valence-corrected chi connectivity index (χ0v) is 28.7. The summed E-state index contributed by atoms with van der Waals surface area (Å²) in [6, 6.07) is 19.6. The molecule has 0 spiro atoms. The minimum absolute atomic E-state index is 0.0283. The van der Waals surface area contributed by atoms with Gasteiger partial charge in [-0.05, 0) is 85.0 Å². The van der Waals surface area contributed by atoms with Crippen molar-refractivity contribution in [2.24, 2.45) is 0 Å². The number of rotatable bonds is 7. The molecule has 0 radical (unpaired) electrons. The van der Waals surface area contributed by atoms with Gasteiger partial charge in [0, 0.05) is 73.5 Å². The average Bonchev–Trinajstić information content (AvgIpc) is 3.56. The monoisotopic (exact) mass is 720 g/mol. The standard InChI is InChI=1S/C39H35F3N8O3/c1-25-7-8-28(21-27(25)9-11-31-23-43-35-6-3-15-44-50(31)35)37(52)46-30-10-13-34(32(22-30)39(40,41)42)49-18-16-48(17-19-49)24-26-4-2-5-29(20-26)45-33-12-14-36(51)47-38(33)53/h2-8,10,13,15,20-23,33,45H,12,14,16-19,24H2,1H3,(H,46,52)(H,47,51,53). The van der Waals surface area contributed by atoms with E-state index in [-0.39, 0.29) is 35.2 Å². The number of imidazole rings is 1. The first kappa shape index (κ1) is 35.2. The van der Waals surface area contributed by atoms with Crippen molar-refractivity contribution in [3.63, 3.8) is 0 Å². The summed E-state index contributed by atoms with van der Waals surface area (Å²) in [5.74, 6) is 4.91. The summed E-state index contributed by atoms with van der Waals surface area (Å²) in [6.07, 6.45) is -0.726. The van der Waals surface area contributed by atoms with Gasteiger partial charge in [0.15, 0.2) is 5.65 Å². The minimum atomic E-state index is -4.65. The van der Waals surface area contributed by atoms with E-state index in [0.29, 0.717) is 56.0 Å². The van der Waals surface area contributed by atoms with Crippen molar-refractivity contribution < 1.29 is 27.6 Å². The Morgan fingerprint density at radius 2 is 1.79 bits per heavy atom. The number of piperidine rings is 1. The normalized spacial score (nSPS) is 16.5. The molecule has 0 saturated carbocycles. The van der Waals surface area contributed by atoms with Gasteiger partial charge < -0.3 is 15.5 Å². The molecule has 3 N–H and O–H groups in total. The van der Waals surface area contributed by atoms with E-state index in [9.17, 15) is 27.6 Å². The van der Waals surface area contributed by atoms with E-state index in [1.165, 1.54) is 12.1 Å². The number of nitrogens with one attached hydrogen (secondary N) is 3. The van der Waals surface area contributed by atoms with Crippen molar-refractivity contribution in [1.29, 1.82) is 0 Å². The van der Waals surface area contributed by atoms with E-state index < -0.39 is 23.7 Å². The molecule has 1 atom stereocenters. The third-order valence-electron chi connectivity index (χ3n) is 9.29. The van der Waals surface area contributed by atoms with E-state index in [0.717, 1.165) is 22.9 Å². The molecule has 11 nitrogen and oxygen atoms in total. The molecule has 3 aromatic carbocycles. The molecule has 2 fully saturated rings. The van der Waals surface area contributed by atoms with Gasteiger partial charge in [0.25, 0.3) is 5.91 Å². The number of aryl methyl sites for hydroxylation is 1. The maximum absolute atomic E-state index is 14.4. The molecule has 2 aromatic heterocycles. The first-order chi connectivity index (χ1) is 25.5. The number of aromatic nitrogens is 3. The predicted molar refractivity (Wildman–Crippen MR) is 193 cm³/mol. The van der Waals surface area contributed by atoms with Crippen molar-refractivity contribution in [1.82, 2.24) is 24.8 Å². The third-order valence-corrected chi connectivity index (χ3v) is 9.29. The molecule has 14 heteroatoms. The minimum Gasteiger partial charge on any atom is -0.374 e. The fraction of sp³-hybridized carbons (Fsp3) is 0.256. The maximum atomic E-state index is 14.4. The first-order valence-electron chi connectivity index (χ1n) is 17.1.